The summed E-state index contributed by atoms with van der Waals surface area (Å²) in [5.41, 5.74) is 0. The average molecular weight is 292 g/mol. The third-order valence-corrected chi connectivity index (χ3v) is 4.37. The number of para-hydroxylation sites is 1. The topological polar surface area (TPSA) is 21.3 Å². The van der Waals surface area contributed by atoms with Crippen molar-refractivity contribution in [1.82, 2.24) is 5.32 Å². The Morgan fingerprint density at radius 1 is 1.29 bits per heavy atom. The van der Waals surface area contributed by atoms with Gasteiger partial charge in [0.2, 0.25) is 0 Å². The number of benzene rings is 1. The maximum Gasteiger partial charge on any atom is 0.156 e. The first-order chi connectivity index (χ1) is 8.27. The Balaban J connectivity index is 1.66. The summed E-state index contributed by atoms with van der Waals surface area (Å²) in [5.74, 6) is 3.61. The van der Waals surface area contributed by atoms with Crippen LogP contribution in [0, 0.1) is 5.92 Å². The summed E-state index contributed by atoms with van der Waals surface area (Å²) in [6.45, 7) is 2.96. The summed E-state index contributed by atoms with van der Waals surface area (Å²) in [4.78, 5) is 0. The number of thioether (sulfide) groups is 1. The largest absolute Gasteiger partial charge is 0.490 e. The van der Waals surface area contributed by atoms with Gasteiger partial charge in [0.1, 0.15) is 0 Å². The van der Waals surface area contributed by atoms with E-state index in [1.165, 1.54) is 5.75 Å². The van der Waals surface area contributed by atoms with Gasteiger partial charge in [0.25, 0.3) is 0 Å². The van der Waals surface area contributed by atoms with E-state index in [1.54, 1.807) is 12.1 Å². The van der Waals surface area contributed by atoms with E-state index in [0.717, 1.165) is 24.8 Å². The van der Waals surface area contributed by atoms with E-state index in [0.29, 0.717) is 22.4 Å². The highest BCUT2D eigenvalue weighted by molar-refractivity contribution is 7.99. The zero-order chi connectivity index (χ0) is 12.1. The lowest BCUT2D eigenvalue weighted by atomic mass is 10.1. The predicted molar refractivity (Wildman–Crippen MR) is 75.6 cm³/mol. The molecule has 0 atom stereocenters. The lowest BCUT2D eigenvalue weighted by Gasteiger charge is -2.26. The fraction of sp³-hybridized carbons (Fsp3) is 0.500. The standard InChI is InChI=1S/C12H15Cl2NOS/c13-10-2-1-3-11(14)12(10)16-4-5-17-8-9-6-15-7-9/h1-3,9,15H,4-8H2. The van der Waals surface area contributed by atoms with Crippen LogP contribution in [0.5, 0.6) is 5.75 Å². The average Bonchev–Trinajstić information content (AvgIpc) is 2.24. The summed E-state index contributed by atoms with van der Waals surface area (Å²) in [7, 11) is 0. The van der Waals surface area contributed by atoms with Crippen molar-refractivity contribution in [2.24, 2.45) is 5.92 Å². The number of hydrogen-bond donors (Lipinski definition) is 1. The van der Waals surface area contributed by atoms with Crippen molar-refractivity contribution in [3.05, 3.63) is 28.2 Å². The Morgan fingerprint density at radius 3 is 2.59 bits per heavy atom. The lowest BCUT2D eigenvalue weighted by molar-refractivity contribution is 0.343. The Bertz CT molecular complexity index is 351. The number of halogens is 2. The molecular formula is C12H15Cl2NOS. The van der Waals surface area contributed by atoms with Crippen molar-refractivity contribution < 1.29 is 4.74 Å². The van der Waals surface area contributed by atoms with Crippen LogP contribution in [-0.4, -0.2) is 31.2 Å². The second-order valence-corrected chi connectivity index (χ2v) is 5.96. The first kappa shape index (κ1) is 13.3. The van der Waals surface area contributed by atoms with E-state index in [2.05, 4.69) is 5.32 Å². The number of ether oxygens (including phenoxy) is 1. The van der Waals surface area contributed by atoms with Crippen molar-refractivity contribution >= 4 is 35.0 Å². The molecule has 94 valence electrons. The Morgan fingerprint density at radius 2 is 2.00 bits per heavy atom. The minimum absolute atomic E-state index is 0.575. The molecule has 0 amide bonds. The van der Waals surface area contributed by atoms with Crippen molar-refractivity contribution in [1.29, 1.82) is 0 Å². The Kier molecular flexibility index (Phi) is 5.29. The fourth-order valence-corrected chi connectivity index (χ4v) is 2.98. The van der Waals surface area contributed by atoms with E-state index >= 15 is 0 Å². The van der Waals surface area contributed by atoms with Crippen LogP contribution < -0.4 is 10.1 Å². The molecule has 1 saturated heterocycles. The van der Waals surface area contributed by atoms with Gasteiger partial charge in [-0.2, -0.15) is 11.8 Å². The van der Waals surface area contributed by atoms with Gasteiger partial charge in [-0.1, -0.05) is 29.3 Å². The van der Waals surface area contributed by atoms with Gasteiger partial charge in [-0.15, -0.1) is 0 Å². The van der Waals surface area contributed by atoms with Crippen molar-refractivity contribution in [2.75, 3.05) is 31.2 Å². The second kappa shape index (κ2) is 6.74. The van der Waals surface area contributed by atoms with Gasteiger partial charge in [-0.3, -0.25) is 0 Å². The maximum atomic E-state index is 6.00. The van der Waals surface area contributed by atoms with E-state index < -0.39 is 0 Å². The van der Waals surface area contributed by atoms with Crippen LogP contribution in [-0.2, 0) is 0 Å². The van der Waals surface area contributed by atoms with Crippen molar-refractivity contribution in [3.63, 3.8) is 0 Å². The van der Waals surface area contributed by atoms with Gasteiger partial charge in [-0.05, 0) is 36.9 Å². The number of nitrogens with one attached hydrogen (secondary N) is 1. The zero-order valence-corrected chi connectivity index (χ0v) is 11.7. The molecule has 0 radical (unpaired) electrons. The molecule has 0 spiro atoms. The Hall–Kier alpha value is -0.0900. The number of rotatable bonds is 6. The SMILES string of the molecule is Clc1cccc(Cl)c1OCCSCC1CNC1. The summed E-state index contributed by atoms with van der Waals surface area (Å²) >= 11 is 13.9. The van der Waals surface area contributed by atoms with Gasteiger partial charge in [0.15, 0.2) is 5.75 Å². The van der Waals surface area contributed by atoms with Crippen LogP contribution in [0.3, 0.4) is 0 Å². The molecule has 1 aromatic rings. The van der Waals surface area contributed by atoms with Crippen LogP contribution in [0.25, 0.3) is 0 Å². The minimum Gasteiger partial charge on any atom is -0.490 e. The second-order valence-electron chi connectivity index (χ2n) is 4.00. The first-order valence-corrected chi connectivity index (χ1v) is 7.53. The fourth-order valence-electron chi connectivity index (χ4n) is 1.54. The molecule has 1 heterocycles. The van der Waals surface area contributed by atoms with E-state index in [-0.39, 0.29) is 0 Å². The van der Waals surface area contributed by atoms with Crippen LogP contribution in [0.15, 0.2) is 18.2 Å². The summed E-state index contributed by atoms with van der Waals surface area (Å²) < 4.78 is 5.60. The maximum absolute atomic E-state index is 6.00. The van der Waals surface area contributed by atoms with E-state index in [1.807, 2.05) is 17.8 Å². The van der Waals surface area contributed by atoms with Gasteiger partial charge in [0, 0.05) is 5.75 Å². The van der Waals surface area contributed by atoms with Crippen LogP contribution >= 0.6 is 35.0 Å². The molecule has 0 unspecified atom stereocenters. The number of hydrogen-bond acceptors (Lipinski definition) is 3. The highest BCUT2D eigenvalue weighted by Gasteiger charge is 2.15. The zero-order valence-electron chi connectivity index (χ0n) is 9.42. The Labute approximate surface area is 116 Å². The third kappa shape index (κ3) is 3.95. The van der Waals surface area contributed by atoms with Crippen LogP contribution in [0.4, 0.5) is 0 Å². The quantitative estimate of drug-likeness (QED) is 0.813. The van der Waals surface area contributed by atoms with Gasteiger partial charge >= 0.3 is 0 Å². The highest BCUT2D eigenvalue weighted by Crippen LogP contribution is 2.32. The highest BCUT2D eigenvalue weighted by atomic mass is 35.5. The van der Waals surface area contributed by atoms with Gasteiger partial charge in [0.05, 0.1) is 16.7 Å². The molecule has 0 bridgehead atoms. The molecular weight excluding hydrogens is 277 g/mol. The molecule has 2 nitrogen and oxygen atoms in total. The molecule has 2 rings (SSSR count). The third-order valence-electron chi connectivity index (χ3n) is 2.61. The predicted octanol–water partition coefficient (Wildman–Crippen LogP) is 3.32. The summed E-state index contributed by atoms with van der Waals surface area (Å²) in [5, 5.41) is 4.41. The van der Waals surface area contributed by atoms with Crippen molar-refractivity contribution in [2.45, 2.75) is 0 Å². The van der Waals surface area contributed by atoms with E-state index in [9.17, 15) is 0 Å². The molecule has 0 aromatic heterocycles. The normalized spacial score (nSPS) is 15.6. The molecule has 1 aromatic carbocycles. The summed E-state index contributed by atoms with van der Waals surface area (Å²) in [6.07, 6.45) is 0. The lowest BCUT2D eigenvalue weighted by Crippen LogP contribution is -2.43. The van der Waals surface area contributed by atoms with E-state index in [4.69, 9.17) is 27.9 Å². The monoisotopic (exact) mass is 291 g/mol. The minimum atomic E-state index is 0.575. The van der Waals surface area contributed by atoms with Crippen LogP contribution in [0.1, 0.15) is 0 Å². The molecule has 1 aliphatic rings. The first-order valence-electron chi connectivity index (χ1n) is 5.62. The molecule has 0 saturated carbocycles. The van der Waals surface area contributed by atoms with Gasteiger partial charge < -0.3 is 10.1 Å². The molecule has 0 aliphatic carbocycles. The molecule has 17 heavy (non-hydrogen) atoms. The molecule has 1 aliphatic heterocycles. The van der Waals surface area contributed by atoms with Gasteiger partial charge in [-0.25, -0.2) is 0 Å². The smallest absolute Gasteiger partial charge is 0.156 e. The van der Waals surface area contributed by atoms with Crippen LogP contribution in [0.2, 0.25) is 10.0 Å². The molecule has 1 fully saturated rings. The summed E-state index contributed by atoms with van der Waals surface area (Å²) in [6, 6.07) is 5.39. The molecule has 1 N–H and O–H groups in total. The van der Waals surface area contributed by atoms with Crippen molar-refractivity contribution in [3.8, 4) is 5.75 Å². The molecule has 5 heteroatoms.